The summed E-state index contributed by atoms with van der Waals surface area (Å²) in [5.74, 6) is 1.11. The fraction of sp³-hybridized carbons (Fsp3) is 0.357. The lowest BCUT2D eigenvalue weighted by atomic mass is 10.0. The molecule has 5 nitrogen and oxygen atoms in total. The zero-order chi connectivity index (χ0) is 13.2. The second-order valence-electron chi connectivity index (χ2n) is 4.89. The summed E-state index contributed by atoms with van der Waals surface area (Å²) in [5.41, 5.74) is 1.85. The minimum Gasteiger partial charge on any atom is -0.315 e. The summed E-state index contributed by atoms with van der Waals surface area (Å²) in [6.45, 7) is 4.82. The van der Waals surface area contributed by atoms with E-state index in [1.165, 1.54) is 0 Å². The normalized spacial score (nSPS) is 15.2. The van der Waals surface area contributed by atoms with Crippen LogP contribution in [-0.2, 0) is 13.1 Å². The Morgan fingerprint density at radius 1 is 1.32 bits per heavy atom. The third-order valence-electron chi connectivity index (χ3n) is 3.53. The van der Waals surface area contributed by atoms with Crippen LogP contribution in [0.5, 0.6) is 0 Å². The lowest BCUT2D eigenvalue weighted by Crippen LogP contribution is -2.37. The topological polar surface area (TPSA) is 51.0 Å². The number of carbonyl (C=O) groups excluding carboxylic acids is 1. The van der Waals surface area contributed by atoms with Crippen molar-refractivity contribution >= 4 is 5.78 Å². The van der Waals surface area contributed by atoms with E-state index in [2.05, 4.69) is 15.1 Å². The predicted octanol–water partition coefficient (Wildman–Crippen LogP) is 1.29. The molecule has 1 aromatic heterocycles. The number of hydrogen-bond acceptors (Lipinski definition) is 4. The van der Waals surface area contributed by atoms with Gasteiger partial charge in [0.25, 0.3) is 0 Å². The highest BCUT2D eigenvalue weighted by molar-refractivity contribution is 5.98. The first-order chi connectivity index (χ1) is 9.24. The van der Waals surface area contributed by atoms with Crippen LogP contribution in [0.25, 0.3) is 0 Å². The van der Waals surface area contributed by atoms with E-state index in [4.69, 9.17) is 0 Å². The van der Waals surface area contributed by atoms with Crippen LogP contribution in [0.3, 0.4) is 0 Å². The largest absolute Gasteiger partial charge is 0.315 e. The molecule has 2 heterocycles. The van der Waals surface area contributed by atoms with Crippen molar-refractivity contribution in [3.63, 3.8) is 0 Å². The molecular formula is C14H16N4O. The number of benzene rings is 1. The number of nitrogens with zero attached hydrogens (tertiary/aromatic N) is 4. The monoisotopic (exact) mass is 256 g/mol. The number of aromatic nitrogens is 3. The molecule has 0 spiro atoms. The fourth-order valence-electron chi connectivity index (χ4n) is 2.43. The lowest BCUT2D eigenvalue weighted by molar-refractivity contribution is 0.0907. The second-order valence-corrected chi connectivity index (χ2v) is 4.89. The molecule has 5 heteroatoms. The van der Waals surface area contributed by atoms with Gasteiger partial charge in [0.15, 0.2) is 5.78 Å². The minimum atomic E-state index is 0.172. The van der Waals surface area contributed by atoms with Gasteiger partial charge >= 0.3 is 0 Å². The molecule has 1 aliphatic heterocycles. The van der Waals surface area contributed by atoms with Gasteiger partial charge in [-0.05, 0) is 12.5 Å². The molecule has 0 radical (unpaired) electrons. The van der Waals surface area contributed by atoms with Crippen molar-refractivity contribution in [2.45, 2.75) is 20.0 Å². The number of hydrogen-bond donors (Lipinski definition) is 0. The molecule has 0 saturated heterocycles. The maximum absolute atomic E-state index is 12.3. The highest BCUT2D eigenvalue weighted by atomic mass is 16.1. The van der Waals surface area contributed by atoms with Gasteiger partial charge in [-0.1, -0.05) is 24.3 Å². The van der Waals surface area contributed by atoms with E-state index in [-0.39, 0.29) is 5.78 Å². The van der Waals surface area contributed by atoms with E-state index >= 15 is 0 Å². The maximum atomic E-state index is 12.3. The van der Waals surface area contributed by atoms with Gasteiger partial charge in [-0.15, -0.1) is 10.2 Å². The number of Topliss-reactive ketones (excluding diaryl/α,β-unsaturated/α-hetero) is 1. The fourth-order valence-corrected chi connectivity index (χ4v) is 2.43. The molecule has 0 atom stereocenters. The Balaban J connectivity index is 1.70. The highest BCUT2D eigenvalue weighted by Gasteiger charge is 2.20. The number of ketones is 1. The minimum absolute atomic E-state index is 0.172. The molecule has 0 amide bonds. The van der Waals surface area contributed by atoms with E-state index in [1.54, 1.807) is 6.33 Å². The van der Waals surface area contributed by atoms with Crippen molar-refractivity contribution in [1.29, 1.82) is 0 Å². The van der Waals surface area contributed by atoms with Crippen LogP contribution in [-0.4, -0.2) is 38.5 Å². The van der Waals surface area contributed by atoms with Gasteiger partial charge in [-0.25, -0.2) is 0 Å². The van der Waals surface area contributed by atoms with Gasteiger partial charge < -0.3 is 4.57 Å². The number of carbonyl (C=O) groups is 1. The van der Waals surface area contributed by atoms with Gasteiger partial charge in [0.2, 0.25) is 0 Å². The second kappa shape index (κ2) is 4.93. The van der Waals surface area contributed by atoms with Crippen molar-refractivity contribution in [3.05, 3.63) is 47.5 Å². The molecule has 19 heavy (non-hydrogen) atoms. The average Bonchev–Trinajstić information content (AvgIpc) is 2.86. The first-order valence-electron chi connectivity index (χ1n) is 6.42. The van der Waals surface area contributed by atoms with E-state index in [0.29, 0.717) is 13.1 Å². The number of fused-ring (bicyclic) bond motifs is 1. The van der Waals surface area contributed by atoms with Crippen LogP contribution in [0.4, 0.5) is 0 Å². The first kappa shape index (κ1) is 12.0. The molecule has 0 unspecified atom stereocenters. The molecule has 0 saturated carbocycles. The van der Waals surface area contributed by atoms with Crippen LogP contribution in [0, 0.1) is 6.92 Å². The van der Waals surface area contributed by atoms with Gasteiger partial charge in [0, 0.05) is 18.7 Å². The molecule has 2 aromatic rings. The zero-order valence-corrected chi connectivity index (χ0v) is 10.9. The lowest BCUT2D eigenvalue weighted by Gasteiger charge is -2.26. The Labute approximate surface area is 111 Å². The molecule has 0 N–H and O–H groups in total. The smallest absolute Gasteiger partial charge is 0.177 e. The maximum Gasteiger partial charge on any atom is 0.177 e. The Morgan fingerprint density at radius 2 is 2.16 bits per heavy atom. The van der Waals surface area contributed by atoms with Gasteiger partial charge in [-0.2, -0.15) is 0 Å². The van der Waals surface area contributed by atoms with E-state index in [9.17, 15) is 4.79 Å². The van der Waals surface area contributed by atoms with Crippen LogP contribution in [0.15, 0.2) is 30.6 Å². The molecule has 98 valence electrons. The molecule has 0 aliphatic carbocycles. The zero-order valence-electron chi connectivity index (χ0n) is 10.9. The number of rotatable bonds is 3. The Hall–Kier alpha value is -2.01. The summed E-state index contributed by atoms with van der Waals surface area (Å²) in [6.07, 6.45) is 1.75. The van der Waals surface area contributed by atoms with Gasteiger partial charge in [0.1, 0.15) is 12.2 Å². The molecule has 0 fully saturated rings. The van der Waals surface area contributed by atoms with Crippen molar-refractivity contribution < 1.29 is 4.79 Å². The Morgan fingerprint density at radius 3 is 3.00 bits per heavy atom. The summed E-state index contributed by atoms with van der Waals surface area (Å²) in [5, 5.41) is 7.96. The Bertz CT molecular complexity index is 605. The summed E-state index contributed by atoms with van der Waals surface area (Å²) in [4.78, 5) is 14.4. The summed E-state index contributed by atoms with van der Waals surface area (Å²) >= 11 is 0. The van der Waals surface area contributed by atoms with Crippen LogP contribution in [0.1, 0.15) is 21.7 Å². The molecule has 3 rings (SSSR count). The van der Waals surface area contributed by atoms with E-state index in [0.717, 1.165) is 30.0 Å². The molecule has 1 aromatic carbocycles. The van der Waals surface area contributed by atoms with Gasteiger partial charge in [0.05, 0.1) is 13.1 Å². The van der Waals surface area contributed by atoms with E-state index in [1.807, 2.05) is 35.8 Å². The molecular weight excluding hydrogens is 240 g/mol. The van der Waals surface area contributed by atoms with Crippen molar-refractivity contribution in [2.75, 3.05) is 13.1 Å². The SMILES string of the molecule is Cc1ccccc1C(=O)CN1CCn2cnnc2C1. The summed E-state index contributed by atoms with van der Waals surface area (Å²) in [7, 11) is 0. The van der Waals surface area contributed by atoms with Crippen LogP contribution < -0.4 is 0 Å². The summed E-state index contributed by atoms with van der Waals surface area (Å²) in [6, 6.07) is 7.73. The Kier molecular flexibility index (Phi) is 3.13. The molecule has 1 aliphatic rings. The highest BCUT2D eigenvalue weighted by Crippen LogP contribution is 2.12. The molecule has 0 bridgehead atoms. The standard InChI is InChI=1S/C14H16N4O/c1-11-4-2-3-5-12(11)13(19)8-17-6-7-18-10-15-16-14(18)9-17/h2-5,10H,6-9H2,1H3. The van der Waals surface area contributed by atoms with Crippen molar-refractivity contribution in [1.82, 2.24) is 19.7 Å². The van der Waals surface area contributed by atoms with Crippen LogP contribution >= 0.6 is 0 Å². The van der Waals surface area contributed by atoms with Crippen molar-refractivity contribution in [3.8, 4) is 0 Å². The quantitative estimate of drug-likeness (QED) is 0.776. The van der Waals surface area contributed by atoms with Crippen LogP contribution in [0.2, 0.25) is 0 Å². The third kappa shape index (κ3) is 2.42. The average molecular weight is 256 g/mol. The van der Waals surface area contributed by atoms with E-state index < -0.39 is 0 Å². The van der Waals surface area contributed by atoms with Gasteiger partial charge in [-0.3, -0.25) is 9.69 Å². The predicted molar refractivity (Wildman–Crippen MR) is 70.8 cm³/mol. The third-order valence-corrected chi connectivity index (χ3v) is 3.53. The first-order valence-corrected chi connectivity index (χ1v) is 6.42. The number of aryl methyl sites for hydroxylation is 1. The summed E-state index contributed by atoms with van der Waals surface area (Å²) < 4.78 is 2.04. The van der Waals surface area contributed by atoms with Crippen molar-refractivity contribution in [2.24, 2.45) is 0 Å².